The number of rotatable bonds is 1. The first-order chi connectivity index (χ1) is 19.4. The third-order valence-corrected chi connectivity index (χ3v) is 9.32. The van der Waals surface area contributed by atoms with Crippen molar-refractivity contribution in [2.24, 2.45) is 0 Å². The number of aryl methyl sites for hydroxylation is 1. The van der Waals surface area contributed by atoms with E-state index in [1.54, 1.807) is 0 Å². The molecule has 0 saturated carbocycles. The third-order valence-electron chi connectivity index (χ3n) is 9.32. The smallest absolute Gasteiger partial charge is 0.0703 e. The minimum absolute atomic E-state index is 0.295. The van der Waals surface area contributed by atoms with Gasteiger partial charge < -0.3 is 13.4 Å². The van der Waals surface area contributed by atoms with E-state index in [9.17, 15) is 0 Å². The summed E-state index contributed by atoms with van der Waals surface area (Å²) in [5.74, 6) is 0. The molecular formula is C36H25N3. The zero-order valence-electron chi connectivity index (χ0n) is 21.4. The first-order valence-corrected chi connectivity index (χ1v) is 14.1. The van der Waals surface area contributed by atoms with Crippen LogP contribution in [0.25, 0.3) is 71.6 Å². The summed E-state index contributed by atoms with van der Waals surface area (Å²) in [5.41, 5.74) is 11.9. The lowest BCUT2D eigenvalue weighted by atomic mass is 10.0. The Bertz CT molecular complexity index is 2420. The van der Waals surface area contributed by atoms with Gasteiger partial charge in [0.2, 0.25) is 0 Å². The molecule has 0 N–H and O–H groups in total. The van der Waals surface area contributed by atoms with Gasteiger partial charge in [0.05, 0.1) is 44.7 Å². The maximum absolute atomic E-state index is 2.61. The SMILES string of the molecule is C1=CCC(n2c3ccc4c5c(n6c7ccccc7n7c8ccccc8c8ccc2c(c3c46)c87)CCC=C5)C=C1. The van der Waals surface area contributed by atoms with Crippen molar-refractivity contribution >= 4 is 71.6 Å². The molecule has 4 heterocycles. The number of allylic oxidation sites excluding steroid dienone is 5. The second kappa shape index (κ2) is 7.00. The molecule has 2 aliphatic rings. The minimum Gasteiger partial charge on any atom is -0.333 e. The normalized spacial score (nSPS) is 17.4. The maximum atomic E-state index is 2.61. The van der Waals surface area contributed by atoms with Crippen LogP contribution in [0.1, 0.15) is 30.1 Å². The van der Waals surface area contributed by atoms with Crippen molar-refractivity contribution in [2.75, 3.05) is 0 Å². The van der Waals surface area contributed by atoms with Crippen LogP contribution >= 0.6 is 0 Å². The van der Waals surface area contributed by atoms with Crippen LogP contribution in [0.3, 0.4) is 0 Å². The fourth-order valence-corrected chi connectivity index (χ4v) is 7.84. The van der Waals surface area contributed by atoms with Crippen LogP contribution in [-0.2, 0) is 6.42 Å². The predicted molar refractivity (Wildman–Crippen MR) is 164 cm³/mol. The van der Waals surface area contributed by atoms with Gasteiger partial charge in [-0.2, -0.15) is 0 Å². The van der Waals surface area contributed by atoms with Gasteiger partial charge in [-0.3, -0.25) is 0 Å². The second-order valence-electron chi connectivity index (χ2n) is 11.2. The Morgan fingerprint density at radius 1 is 0.590 bits per heavy atom. The topological polar surface area (TPSA) is 13.8 Å². The second-order valence-corrected chi connectivity index (χ2v) is 11.2. The molecule has 0 saturated heterocycles. The monoisotopic (exact) mass is 499 g/mol. The van der Waals surface area contributed by atoms with Crippen molar-refractivity contribution < 1.29 is 0 Å². The average molecular weight is 500 g/mol. The Morgan fingerprint density at radius 2 is 1.31 bits per heavy atom. The number of para-hydroxylation sites is 3. The molecule has 0 amide bonds. The van der Waals surface area contributed by atoms with Crippen molar-refractivity contribution in [1.82, 2.24) is 13.4 Å². The number of aromatic nitrogens is 3. The number of benzene rings is 4. The largest absolute Gasteiger partial charge is 0.333 e. The number of hydrogen-bond acceptors (Lipinski definition) is 0. The summed E-state index contributed by atoms with van der Waals surface area (Å²) in [4.78, 5) is 0. The fraction of sp³-hybridized carbons (Fsp3) is 0.111. The average Bonchev–Trinajstić information content (AvgIpc) is 3.62. The Hall–Kier alpha value is -4.76. The van der Waals surface area contributed by atoms with Crippen LogP contribution in [0.15, 0.2) is 103 Å². The molecule has 0 spiro atoms. The highest BCUT2D eigenvalue weighted by molar-refractivity contribution is 6.31. The third kappa shape index (κ3) is 2.32. The van der Waals surface area contributed by atoms with Crippen molar-refractivity contribution in [2.45, 2.75) is 25.3 Å². The van der Waals surface area contributed by atoms with E-state index in [1.807, 2.05) is 0 Å². The van der Waals surface area contributed by atoms with Gasteiger partial charge in [0, 0.05) is 38.2 Å². The maximum Gasteiger partial charge on any atom is 0.0703 e. The summed E-state index contributed by atoms with van der Waals surface area (Å²) in [5, 5.41) is 6.77. The van der Waals surface area contributed by atoms with E-state index in [0.717, 1.165) is 19.3 Å². The van der Waals surface area contributed by atoms with E-state index < -0.39 is 0 Å². The van der Waals surface area contributed by atoms with Crippen LogP contribution in [0.2, 0.25) is 0 Å². The lowest BCUT2D eigenvalue weighted by molar-refractivity contribution is 0.648. The minimum atomic E-state index is 0.295. The van der Waals surface area contributed by atoms with Gasteiger partial charge in [0.15, 0.2) is 0 Å². The summed E-state index contributed by atoms with van der Waals surface area (Å²) in [6.45, 7) is 0. The van der Waals surface area contributed by atoms with E-state index in [1.165, 1.54) is 76.8 Å². The van der Waals surface area contributed by atoms with Crippen molar-refractivity contribution in [1.29, 1.82) is 0 Å². The molecule has 1 atom stereocenters. The van der Waals surface area contributed by atoms with E-state index >= 15 is 0 Å². The first kappa shape index (κ1) is 20.2. The lowest BCUT2D eigenvalue weighted by Gasteiger charge is -2.18. The van der Waals surface area contributed by atoms with E-state index in [2.05, 4.69) is 123 Å². The molecule has 3 heteroatoms. The van der Waals surface area contributed by atoms with Crippen LogP contribution in [-0.4, -0.2) is 13.4 Å². The van der Waals surface area contributed by atoms with Gasteiger partial charge in [0.25, 0.3) is 0 Å². The summed E-state index contributed by atoms with van der Waals surface area (Å²) in [6, 6.07) is 27.8. The highest BCUT2D eigenvalue weighted by Crippen LogP contribution is 2.47. The molecule has 0 radical (unpaired) electrons. The Balaban J connectivity index is 1.63. The van der Waals surface area contributed by atoms with Crippen molar-refractivity contribution in [3.05, 3.63) is 114 Å². The fourth-order valence-electron chi connectivity index (χ4n) is 7.84. The molecule has 0 fully saturated rings. The lowest BCUT2D eigenvalue weighted by Crippen LogP contribution is -2.06. The van der Waals surface area contributed by atoms with Gasteiger partial charge in [-0.1, -0.05) is 78.9 Å². The molecule has 4 aromatic heterocycles. The standard InChI is InChI=1S/C36H25N3/c1-2-10-22(11-3-1)37-31-20-18-25-23-12-4-6-14-27(23)38-29-16-8-9-17-30(29)39-28-15-7-5-13-24(28)26-19-21-32(37)34(36(26)39)33(31)35(25)38/h1-6,8-10,12-14,16-22H,7,11,15H2. The molecule has 184 valence electrons. The Labute approximate surface area is 224 Å². The van der Waals surface area contributed by atoms with E-state index in [0.29, 0.717) is 6.04 Å². The van der Waals surface area contributed by atoms with Crippen LogP contribution in [0.5, 0.6) is 0 Å². The summed E-state index contributed by atoms with van der Waals surface area (Å²) < 4.78 is 7.77. The quantitative estimate of drug-likeness (QED) is 0.214. The van der Waals surface area contributed by atoms with Crippen LogP contribution < -0.4 is 0 Å². The summed E-state index contributed by atoms with van der Waals surface area (Å²) >= 11 is 0. The highest BCUT2D eigenvalue weighted by atomic mass is 15.0. The molecule has 0 aliphatic heterocycles. The van der Waals surface area contributed by atoms with E-state index in [4.69, 9.17) is 0 Å². The highest BCUT2D eigenvalue weighted by Gasteiger charge is 2.27. The number of nitrogens with zero attached hydrogens (tertiary/aromatic N) is 3. The summed E-state index contributed by atoms with van der Waals surface area (Å²) in [6.07, 6.45) is 16.9. The Morgan fingerprint density at radius 3 is 2.10 bits per heavy atom. The molecular weight excluding hydrogens is 474 g/mol. The van der Waals surface area contributed by atoms with Gasteiger partial charge in [-0.15, -0.1) is 0 Å². The van der Waals surface area contributed by atoms with Crippen molar-refractivity contribution in [3.63, 3.8) is 0 Å². The Kier molecular flexibility index (Phi) is 3.63. The van der Waals surface area contributed by atoms with Gasteiger partial charge >= 0.3 is 0 Å². The van der Waals surface area contributed by atoms with Gasteiger partial charge in [0.1, 0.15) is 0 Å². The molecule has 8 aromatic rings. The van der Waals surface area contributed by atoms with E-state index in [-0.39, 0.29) is 0 Å². The molecule has 10 rings (SSSR count). The zero-order chi connectivity index (χ0) is 25.2. The number of fused-ring (bicyclic) bond motifs is 9. The van der Waals surface area contributed by atoms with Crippen LogP contribution in [0, 0.1) is 0 Å². The first-order valence-electron chi connectivity index (χ1n) is 14.1. The molecule has 0 bridgehead atoms. The van der Waals surface area contributed by atoms with Crippen LogP contribution in [0.4, 0.5) is 0 Å². The molecule has 39 heavy (non-hydrogen) atoms. The molecule has 1 unspecified atom stereocenters. The predicted octanol–water partition coefficient (Wildman–Crippen LogP) is 9.21. The zero-order valence-corrected chi connectivity index (χ0v) is 21.4. The van der Waals surface area contributed by atoms with Gasteiger partial charge in [-0.05, 0) is 49.6 Å². The number of hydrogen-bond donors (Lipinski definition) is 0. The molecule has 4 aromatic carbocycles. The van der Waals surface area contributed by atoms with Gasteiger partial charge in [-0.25, -0.2) is 0 Å². The molecule has 3 nitrogen and oxygen atoms in total. The molecule has 2 aliphatic carbocycles. The summed E-state index contributed by atoms with van der Waals surface area (Å²) in [7, 11) is 0. The van der Waals surface area contributed by atoms with Crippen molar-refractivity contribution in [3.8, 4) is 0 Å².